The SMILES string of the molecule is CN(C)C(C)(C)CC(C)(O)c1ccccc1. The zero-order chi connectivity index (χ0) is 12.4. The second kappa shape index (κ2) is 4.56. The molecule has 0 aromatic heterocycles. The van der Waals surface area contributed by atoms with Crippen molar-refractivity contribution >= 4 is 0 Å². The molecule has 0 radical (unpaired) electrons. The maximum absolute atomic E-state index is 10.5. The second-order valence-corrected chi connectivity index (χ2v) is 5.52. The lowest BCUT2D eigenvalue weighted by Gasteiger charge is -2.39. The first-order valence-corrected chi connectivity index (χ1v) is 5.71. The Morgan fingerprint density at radius 2 is 1.56 bits per heavy atom. The fraction of sp³-hybridized carbons (Fsp3) is 0.571. The van der Waals surface area contributed by atoms with Gasteiger partial charge < -0.3 is 10.0 Å². The fourth-order valence-corrected chi connectivity index (χ4v) is 1.90. The van der Waals surface area contributed by atoms with E-state index in [1.165, 1.54) is 0 Å². The van der Waals surface area contributed by atoms with Crippen molar-refractivity contribution in [1.82, 2.24) is 4.90 Å². The maximum atomic E-state index is 10.5. The first-order valence-electron chi connectivity index (χ1n) is 5.71. The average molecular weight is 221 g/mol. The van der Waals surface area contributed by atoms with Crippen LogP contribution in [-0.2, 0) is 5.60 Å². The van der Waals surface area contributed by atoms with Crippen LogP contribution in [0.15, 0.2) is 30.3 Å². The van der Waals surface area contributed by atoms with Gasteiger partial charge in [-0.2, -0.15) is 0 Å². The molecule has 1 N–H and O–H groups in total. The number of rotatable bonds is 4. The Morgan fingerprint density at radius 3 is 2.00 bits per heavy atom. The maximum Gasteiger partial charge on any atom is 0.0885 e. The molecule has 0 saturated carbocycles. The Balaban J connectivity index is 2.88. The van der Waals surface area contributed by atoms with Crippen molar-refractivity contribution in [2.45, 2.75) is 38.3 Å². The molecule has 0 amide bonds. The van der Waals surface area contributed by atoms with E-state index in [9.17, 15) is 5.11 Å². The van der Waals surface area contributed by atoms with Gasteiger partial charge >= 0.3 is 0 Å². The number of hydrogen-bond donors (Lipinski definition) is 1. The summed E-state index contributed by atoms with van der Waals surface area (Å²) in [7, 11) is 4.09. The minimum atomic E-state index is -0.783. The lowest BCUT2D eigenvalue weighted by atomic mass is 9.83. The highest BCUT2D eigenvalue weighted by atomic mass is 16.3. The molecule has 0 heterocycles. The lowest BCUT2D eigenvalue weighted by molar-refractivity contribution is -0.00179. The Bertz CT molecular complexity index is 328. The number of nitrogens with zero attached hydrogens (tertiary/aromatic N) is 1. The van der Waals surface area contributed by atoms with Gasteiger partial charge in [0.25, 0.3) is 0 Å². The molecule has 0 bridgehead atoms. The molecule has 1 atom stereocenters. The lowest BCUT2D eigenvalue weighted by Crippen LogP contribution is -2.44. The number of hydrogen-bond acceptors (Lipinski definition) is 2. The van der Waals surface area contributed by atoms with Crippen LogP contribution in [0.25, 0.3) is 0 Å². The van der Waals surface area contributed by atoms with Crippen molar-refractivity contribution in [2.24, 2.45) is 0 Å². The van der Waals surface area contributed by atoms with E-state index in [0.717, 1.165) is 5.56 Å². The minimum absolute atomic E-state index is 0.0284. The summed E-state index contributed by atoms with van der Waals surface area (Å²) in [6.45, 7) is 6.17. The molecule has 2 heteroatoms. The molecule has 1 rings (SSSR count). The Hall–Kier alpha value is -0.860. The average Bonchev–Trinajstić information content (AvgIpc) is 2.17. The van der Waals surface area contributed by atoms with Gasteiger partial charge in [-0.05, 0) is 46.9 Å². The summed E-state index contributed by atoms with van der Waals surface area (Å²) in [5, 5.41) is 10.5. The van der Waals surface area contributed by atoms with Crippen molar-refractivity contribution < 1.29 is 5.11 Å². The van der Waals surface area contributed by atoms with Gasteiger partial charge in [-0.1, -0.05) is 30.3 Å². The van der Waals surface area contributed by atoms with Crippen LogP contribution in [0.1, 0.15) is 32.8 Å². The van der Waals surface area contributed by atoms with E-state index in [-0.39, 0.29) is 5.54 Å². The van der Waals surface area contributed by atoms with E-state index in [1.54, 1.807) is 0 Å². The van der Waals surface area contributed by atoms with Crippen LogP contribution >= 0.6 is 0 Å². The highest BCUT2D eigenvalue weighted by Crippen LogP contribution is 2.31. The quantitative estimate of drug-likeness (QED) is 0.845. The third-order valence-corrected chi connectivity index (χ3v) is 3.38. The van der Waals surface area contributed by atoms with Crippen molar-refractivity contribution in [3.05, 3.63) is 35.9 Å². The summed E-state index contributed by atoms with van der Waals surface area (Å²) < 4.78 is 0. The van der Waals surface area contributed by atoms with Crippen molar-refractivity contribution in [1.29, 1.82) is 0 Å². The molecule has 1 unspecified atom stereocenters. The molecule has 0 fully saturated rings. The van der Waals surface area contributed by atoms with Crippen molar-refractivity contribution in [2.75, 3.05) is 14.1 Å². The summed E-state index contributed by atoms with van der Waals surface area (Å²) in [4.78, 5) is 2.14. The van der Waals surface area contributed by atoms with E-state index >= 15 is 0 Å². The van der Waals surface area contributed by atoms with E-state index in [2.05, 4.69) is 18.7 Å². The third-order valence-electron chi connectivity index (χ3n) is 3.38. The molecule has 0 saturated heterocycles. The smallest absolute Gasteiger partial charge is 0.0885 e. The van der Waals surface area contributed by atoms with Crippen molar-refractivity contribution in [3.63, 3.8) is 0 Å². The predicted molar refractivity (Wildman–Crippen MR) is 68.4 cm³/mol. The molecule has 0 spiro atoms. The van der Waals surface area contributed by atoms with Crippen LogP contribution in [0.3, 0.4) is 0 Å². The summed E-state index contributed by atoms with van der Waals surface area (Å²) in [5.41, 5.74) is 0.166. The molecule has 2 nitrogen and oxygen atoms in total. The summed E-state index contributed by atoms with van der Waals surface area (Å²) in [6, 6.07) is 9.85. The summed E-state index contributed by atoms with van der Waals surface area (Å²) >= 11 is 0. The summed E-state index contributed by atoms with van der Waals surface area (Å²) in [6.07, 6.45) is 0.705. The van der Waals surface area contributed by atoms with Crippen LogP contribution < -0.4 is 0 Å². The highest BCUT2D eigenvalue weighted by molar-refractivity contribution is 5.22. The standard InChI is InChI=1S/C14H23NO/c1-13(2,15(4)5)11-14(3,16)12-9-7-6-8-10-12/h6-10,16H,11H2,1-5H3. The largest absolute Gasteiger partial charge is 0.385 e. The summed E-state index contributed by atoms with van der Waals surface area (Å²) in [5.74, 6) is 0. The van der Waals surface area contributed by atoms with Gasteiger partial charge in [0.15, 0.2) is 0 Å². The van der Waals surface area contributed by atoms with Crippen molar-refractivity contribution in [3.8, 4) is 0 Å². The monoisotopic (exact) mass is 221 g/mol. The Labute approximate surface area is 98.9 Å². The zero-order valence-corrected chi connectivity index (χ0v) is 11.0. The molecular weight excluding hydrogens is 198 g/mol. The van der Waals surface area contributed by atoms with Crippen LogP contribution in [0.4, 0.5) is 0 Å². The number of aliphatic hydroxyl groups is 1. The van der Waals surface area contributed by atoms with E-state index in [0.29, 0.717) is 6.42 Å². The van der Waals surface area contributed by atoms with E-state index < -0.39 is 5.60 Å². The van der Waals surface area contributed by atoms with Gasteiger partial charge in [0.05, 0.1) is 5.60 Å². The molecule has 0 aliphatic heterocycles. The van der Waals surface area contributed by atoms with E-state index in [4.69, 9.17) is 0 Å². The Kier molecular flexibility index (Phi) is 3.76. The molecular formula is C14H23NO. The molecule has 1 aromatic carbocycles. The first-order chi connectivity index (χ1) is 7.26. The van der Waals surface area contributed by atoms with Crippen LogP contribution in [0.2, 0.25) is 0 Å². The second-order valence-electron chi connectivity index (χ2n) is 5.52. The molecule has 0 aliphatic rings. The normalized spacial score (nSPS) is 16.2. The van der Waals surface area contributed by atoms with Crippen LogP contribution in [0.5, 0.6) is 0 Å². The van der Waals surface area contributed by atoms with E-state index in [1.807, 2.05) is 51.4 Å². The Morgan fingerprint density at radius 1 is 1.06 bits per heavy atom. The van der Waals surface area contributed by atoms with Gasteiger partial charge in [-0.15, -0.1) is 0 Å². The fourth-order valence-electron chi connectivity index (χ4n) is 1.90. The molecule has 0 aliphatic carbocycles. The van der Waals surface area contributed by atoms with Gasteiger partial charge in [-0.3, -0.25) is 0 Å². The van der Waals surface area contributed by atoms with Crippen LogP contribution in [-0.4, -0.2) is 29.6 Å². The van der Waals surface area contributed by atoms with Gasteiger partial charge in [0.1, 0.15) is 0 Å². The molecule has 90 valence electrons. The zero-order valence-electron chi connectivity index (χ0n) is 11.0. The first kappa shape index (κ1) is 13.2. The molecule has 16 heavy (non-hydrogen) atoms. The third kappa shape index (κ3) is 3.06. The highest BCUT2D eigenvalue weighted by Gasteiger charge is 2.33. The topological polar surface area (TPSA) is 23.5 Å². The molecule has 1 aromatic rings. The van der Waals surface area contributed by atoms with Gasteiger partial charge in [0, 0.05) is 5.54 Å². The van der Waals surface area contributed by atoms with Crippen LogP contribution in [0, 0.1) is 0 Å². The minimum Gasteiger partial charge on any atom is -0.385 e. The number of benzene rings is 1. The van der Waals surface area contributed by atoms with Gasteiger partial charge in [0.2, 0.25) is 0 Å². The van der Waals surface area contributed by atoms with Gasteiger partial charge in [-0.25, -0.2) is 0 Å². The predicted octanol–water partition coefficient (Wildman–Crippen LogP) is 2.62.